The molecular weight excluding hydrogens is 186 g/mol. The van der Waals surface area contributed by atoms with Crippen LogP contribution in [0.3, 0.4) is 0 Å². The van der Waals surface area contributed by atoms with E-state index in [9.17, 15) is 0 Å². The quantitative estimate of drug-likeness (QED) is 0.817. The summed E-state index contributed by atoms with van der Waals surface area (Å²) in [5.74, 6) is 0.954. The van der Waals surface area contributed by atoms with E-state index in [0.717, 1.165) is 25.3 Å². The van der Waals surface area contributed by atoms with Crippen LogP contribution in [0.15, 0.2) is 0 Å². The van der Waals surface area contributed by atoms with Crippen molar-refractivity contribution in [2.24, 2.45) is 0 Å². The Labute approximate surface area is 91.3 Å². The zero-order valence-electron chi connectivity index (χ0n) is 9.64. The van der Waals surface area contributed by atoms with Gasteiger partial charge in [-0.25, -0.2) is 9.97 Å². The van der Waals surface area contributed by atoms with Gasteiger partial charge in [0, 0.05) is 11.4 Å². The minimum Gasteiger partial charge on any atom is -0.310 e. The average Bonchev–Trinajstić information content (AvgIpc) is 2.26. The molecule has 3 heteroatoms. The standard InChI is InChI=1S/C12H19N3/c1-3-13-8-12-14-9(2)10-6-4-5-7-11(10)15-12/h13H,3-8H2,1-2H3. The van der Waals surface area contributed by atoms with E-state index < -0.39 is 0 Å². The van der Waals surface area contributed by atoms with Gasteiger partial charge in [0.2, 0.25) is 0 Å². The monoisotopic (exact) mass is 205 g/mol. The number of nitrogens with one attached hydrogen (secondary N) is 1. The van der Waals surface area contributed by atoms with Crippen molar-refractivity contribution in [3.63, 3.8) is 0 Å². The molecule has 2 rings (SSSR count). The van der Waals surface area contributed by atoms with Crippen molar-refractivity contribution in [3.05, 3.63) is 22.8 Å². The van der Waals surface area contributed by atoms with Crippen molar-refractivity contribution in [1.29, 1.82) is 0 Å². The molecule has 0 aromatic carbocycles. The molecule has 1 aliphatic carbocycles. The van der Waals surface area contributed by atoms with Crippen LogP contribution < -0.4 is 5.32 Å². The van der Waals surface area contributed by atoms with Crippen LogP contribution in [0.25, 0.3) is 0 Å². The van der Waals surface area contributed by atoms with Crippen LogP contribution in [0.5, 0.6) is 0 Å². The van der Waals surface area contributed by atoms with Gasteiger partial charge >= 0.3 is 0 Å². The van der Waals surface area contributed by atoms with Gasteiger partial charge in [0.1, 0.15) is 5.82 Å². The van der Waals surface area contributed by atoms with E-state index in [1.165, 1.54) is 36.2 Å². The van der Waals surface area contributed by atoms with E-state index in [0.29, 0.717) is 0 Å². The molecule has 3 nitrogen and oxygen atoms in total. The first kappa shape index (κ1) is 10.6. The highest BCUT2D eigenvalue weighted by Crippen LogP contribution is 2.21. The number of rotatable bonds is 3. The van der Waals surface area contributed by atoms with Crippen LogP contribution in [0.2, 0.25) is 0 Å². The van der Waals surface area contributed by atoms with Crippen LogP contribution in [0.1, 0.15) is 42.5 Å². The lowest BCUT2D eigenvalue weighted by atomic mass is 9.95. The van der Waals surface area contributed by atoms with Crippen molar-refractivity contribution in [3.8, 4) is 0 Å². The largest absolute Gasteiger partial charge is 0.310 e. The predicted molar refractivity (Wildman–Crippen MR) is 60.8 cm³/mol. The maximum Gasteiger partial charge on any atom is 0.142 e. The Hall–Kier alpha value is -0.960. The van der Waals surface area contributed by atoms with Crippen molar-refractivity contribution < 1.29 is 0 Å². The zero-order valence-corrected chi connectivity index (χ0v) is 9.64. The lowest BCUT2D eigenvalue weighted by Crippen LogP contribution is -2.18. The molecule has 82 valence electrons. The summed E-state index contributed by atoms with van der Waals surface area (Å²) in [6.07, 6.45) is 4.88. The van der Waals surface area contributed by atoms with Crippen LogP contribution in [0.4, 0.5) is 0 Å². The van der Waals surface area contributed by atoms with Gasteiger partial charge in [0.25, 0.3) is 0 Å². The van der Waals surface area contributed by atoms with Crippen molar-refractivity contribution in [2.45, 2.75) is 46.1 Å². The molecule has 15 heavy (non-hydrogen) atoms. The molecule has 0 saturated heterocycles. The number of aromatic nitrogens is 2. The number of hydrogen-bond acceptors (Lipinski definition) is 3. The van der Waals surface area contributed by atoms with E-state index in [1.54, 1.807) is 0 Å². The highest BCUT2D eigenvalue weighted by Gasteiger charge is 2.14. The maximum absolute atomic E-state index is 4.64. The van der Waals surface area contributed by atoms with Gasteiger partial charge in [-0.3, -0.25) is 0 Å². The molecule has 0 unspecified atom stereocenters. The Morgan fingerprint density at radius 1 is 1.20 bits per heavy atom. The van der Waals surface area contributed by atoms with Gasteiger partial charge in [-0.2, -0.15) is 0 Å². The van der Waals surface area contributed by atoms with Gasteiger partial charge < -0.3 is 5.32 Å². The molecule has 0 amide bonds. The molecule has 1 aromatic rings. The second kappa shape index (κ2) is 4.71. The summed E-state index contributed by atoms with van der Waals surface area (Å²) in [5, 5.41) is 3.27. The maximum atomic E-state index is 4.64. The highest BCUT2D eigenvalue weighted by atomic mass is 15.0. The summed E-state index contributed by atoms with van der Waals surface area (Å²) < 4.78 is 0. The Morgan fingerprint density at radius 2 is 2.00 bits per heavy atom. The first-order valence-corrected chi connectivity index (χ1v) is 5.87. The lowest BCUT2D eigenvalue weighted by molar-refractivity contribution is 0.628. The first-order chi connectivity index (χ1) is 7.31. The number of aryl methyl sites for hydroxylation is 2. The van der Waals surface area contributed by atoms with Gasteiger partial charge in [-0.1, -0.05) is 6.92 Å². The number of nitrogens with zero attached hydrogens (tertiary/aromatic N) is 2. The first-order valence-electron chi connectivity index (χ1n) is 5.87. The van der Waals surface area contributed by atoms with Crippen LogP contribution in [0, 0.1) is 6.92 Å². The molecule has 0 saturated carbocycles. The van der Waals surface area contributed by atoms with E-state index in [1.807, 2.05) is 0 Å². The van der Waals surface area contributed by atoms with Crippen molar-refractivity contribution >= 4 is 0 Å². The average molecular weight is 205 g/mol. The molecule has 1 aliphatic rings. The molecule has 0 atom stereocenters. The SMILES string of the molecule is CCNCc1nc(C)c2c(n1)CCCC2. The van der Waals surface area contributed by atoms with Gasteiger partial charge in [-0.15, -0.1) is 0 Å². The molecule has 1 N–H and O–H groups in total. The third-order valence-corrected chi connectivity index (χ3v) is 2.97. The highest BCUT2D eigenvalue weighted by molar-refractivity contribution is 5.27. The van der Waals surface area contributed by atoms with Gasteiger partial charge in [0.05, 0.1) is 6.54 Å². The minimum absolute atomic E-state index is 0.796. The van der Waals surface area contributed by atoms with Crippen LogP contribution in [-0.2, 0) is 19.4 Å². The number of hydrogen-bond donors (Lipinski definition) is 1. The molecule has 0 spiro atoms. The van der Waals surface area contributed by atoms with Crippen LogP contribution >= 0.6 is 0 Å². The van der Waals surface area contributed by atoms with E-state index in [2.05, 4.69) is 29.1 Å². The summed E-state index contributed by atoms with van der Waals surface area (Å²) in [6, 6.07) is 0. The summed E-state index contributed by atoms with van der Waals surface area (Å²) in [5.41, 5.74) is 3.88. The zero-order chi connectivity index (χ0) is 10.7. The minimum atomic E-state index is 0.796. The topological polar surface area (TPSA) is 37.8 Å². The Kier molecular flexibility index (Phi) is 3.31. The van der Waals surface area contributed by atoms with E-state index >= 15 is 0 Å². The predicted octanol–water partition coefficient (Wildman–Crippen LogP) is 1.77. The van der Waals surface area contributed by atoms with Crippen molar-refractivity contribution in [2.75, 3.05) is 6.54 Å². The van der Waals surface area contributed by atoms with Crippen LogP contribution in [-0.4, -0.2) is 16.5 Å². The third-order valence-electron chi connectivity index (χ3n) is 2.97. The fraction of sp³-hybridized carbons (Fsp3) is 0.667. The molecule has 0 radical (unpaired) electrons. The van der Waals surface area contributed by atoms with Gasteiger partial charge in [0.15, 0.2) is 0 Å². The molecule has 1 aromatic heterocycles. The molecule has 0 aliphatic heterocycles. The molecule has 0 bridgehead atoms. The summed E-state index contributed by atoms with van der Waals surface area (Å²) in [4.78, 5) is 9.19. The lowest BCUT2D eigenvalue weighted by Gasteiger charge is -2.17. The molecule has 1 heterocycles. The second-order valence-electron chi connectivity index (χ2n) is 4.14. The summed E-state index contributed by atoms with van der Waals surface area (Å²) in [7, 11) is 0. The normalized spacial score (nSPS) is 15.1. The third kappa shape index (κ3) is 2.34. The Morgan fingerprint density at radius 3 is 2.80 bits per heavy atom. The smallest absolute Gasteiger partial charge is 0.142 e. The molecular formula is C12H19N3. The fourth-order valence-electron chi connectivity index (χ4n) is 2.16. The Bertz CT molecular complexity index is 347. The molecule has 0 fully saturated rings. The number of fused-ring (bicyclic) bond motifs is 1. The fourth-order valence-corrected chi connectivity index (χ4v) is 2.16. The van der Waals surface area contributed by atoms with E-state index in [-0.39, 0.29) is 0 Å². The van der Waals surface area contributed by atoms with Crippen molar-refractivity contribution in [1.82, 2.24) is 15.3 Å². The van der Waals surface area contributed by atoms with Gasteiger partial charge in [-0.05, 0) is 44.7 Å². The summed E-state index contributed by atoms with van der Waals surface area (Å²) in [6.45, 7) is 5.98. The second-order valence-corrected chi connectivity index (χ2v) is 4.14. The van der Waals surface area contributed by atoms with E-state index in [4.69, 9.17) is 0 Å². The summed E-state index contributed by atoms with van der Waals surface area (Å²) >= 11 is 0. The Balaban J connectivity index is 2.24.